The van der Waals surface area contributed by atoms with E-state index in [1.807, 2.05) is 5.32 Å². The molecule has 6 heteroatoms. The van der Waals surface area contributed by atoms with Crippen LogP contribution in [0.5, 0.6) is 0 Å². The molecule has 6 N–H and O–H groups in total. The Morgan fingerprint density at radius 3 is 2.92 bits per heavy atom. The van der Waals surface area contributed by atoms with Gasteiger partial charge in [0.15, 0.2) is 0 Å². The average molecular weight is 181 g/mol. The molecule has 0 aliphatic carbocycles. The van der Waals surface area contributed by atoms with E-state index in [9.17, 15) is 9.59 Å². The first-order chi connectivity index (χ1) is 7.97. The number of hydrogen-bond acceptors (Lipinski definition) is 3. The Bertz CT molecular complexity index is 341. The molecule has 0 bridgehead atoms. The second-order valence-corrected chi connectivity index (χ2v) is 1.75. The van der Waals surface area contributed by atoms with Crippen LogP contribution in [0.2, 0.25) is 2.82 Å². The van der Waals surface area contributed by atoms with Crippen molar-refractivity contribution in [3.05, 3.63) is 0 Å². The van der Waals surface area contributed by atoms with Gasteiger partial charge in [0.25, 0.3) is 0 Å². The van der Waals surface area contributed by atoms with Gasteiger partial charge in [-0.25, -0.2) is 4.79 Å². The first-order valence-electron chi connectivity index (χ1n) is 5.92. The summed E-state index contributed by atoms with van der Waals surface area (Å²) in [7, 11) is 0. The number of nitrogens with one attached hydrogen (secondary N) is 1. The van der Waals surface area contributed by atoms with Gasteiger partial charge in [-0.05, 0) is 12.8 Å². The lowest BCUT2D eigenvalue weighted by atomic mass is 10.2. The molecule has 0 aliphatic heterocycles. The number of carbonyl (C=O) groups is 2. The Morgan fingerprint density at radius 2 is 2.50 bits per heavy atom. The summed E-state index contributed by atoms with van der Waals surface area (Å²) >= 11 is 0. The minimum atomic E-state index is -3.31. The van der Waals surface area contributed by atoms with Crippen LogP contribution in [0.15, 0.2) is 0 Å². The zero-order chi connectivity index (χ0) is 14.7. The zero-order valence-electron chi connectivity index (χ0n) is 12.1. The van der Waals surface area contributed by atoms with Gasteiger partial charge in [-0.3, -0.25) is 4.79 Å². The topological polar surface area (TPSA) is 118 Å². The van der Waals surface area contributed by atoms with E-state index in [2.05, 4.69) is 0 Å². The number of primary amides is 1. The van der Waals surface area contributed by atoms with Crippen molar-refractivity contribution in [1.82, 2.24) is 5.32 Å². The molecule has 2 amide bonds. The maximum Gasteiger partial charge on any atom is 0.320 e. The smallest absolute Gasteiger partial charge is 0.320 e. The number of aliphatic carboxylic acids is 1. The van der Waals surface area contributed by atoms with E-state index in [1.54, 1.807) is 0 Å². The Labute approximate surface area is 78.5 Å². The molecule has 2 atom stereocenters. The minimum Gasteiger partial charge on any atom is -0.480 e. The summed E-state index contributed by atoms with van der Waals surface area (Å²) in [6, 6.07) is -4.35. The molecule has 0 aromatic carbocycles. The molecule has 0 heterocycles. The third kappa shape index (κ3) is 5.48. The molecule has 0 aliphatic rings. The highest BCUT2D eigenvalue weighted by Crippen LogP contribution is 1.92. The van der Waals surface area contributed by atoms with Crippen molar-refractivity contribution in [3.8, 4) is 0 Å². The maximum absolute atomic E-state index is 10.8. The molecule has 0 aromatic heterocycles. The van der Waals surface area contributed by atoms with Gasteiger partial charge in [-0.1, -0.05) is 0 Å². The third-order valence-corrected chi connectivity index (χ3v) is 0.820. The second-order valence-electron chi connectivity index (χ2n) is 1.75. The number of rotatable bonds is 6. The highest BCUT2D eigenvalue weighted by Gasteiger charge is 2.09. The minimum absolute atomic E-state index is 0.638. The van der Waals surface area contributed by atoms with E-state index in [4.69, 9.17) is 19.1 Å². The normalized spacial score (nSPS) is 26.1. The molecule has 6 nitrogen and oxygen atoms in total. The molecule has 12 heavy (non-hydrogen) atoms. The monoisotopic (exact) mass is 181 g/mol. The molecule has 0 aromatic rings. The van der Waals surface area contributed by atoms with E-state index < -0.39 is 43.1 Å². The fourth-order valence-corrected chi connectivity index (χ4v) is 0.361. The van der Waals surface area contributed by atoms with E-state index in [0.29, 0.717) is 0 Å². The van der Waals surface area contributed by atoms with Crippen LogP contribution in [0.25, 0.3) is 0 Å². The molecule has 0 saturated carbocycles. The molecule has 0 rings (SSSR count). The first kappa shape index (κ1) is 4.08. The summed E-state index contributed by atoms with van der Waals surface area (Å²) in [5.41, 5.74) is 4.07. The number of carboxylic acid groups (broad SMARTS) is 1. The summed E-state index contributed by atoms with van der Waals surface area (Å²) < 4.78 is 43.3. The van der Waals surface area contributed by atoms with Gasteiger partial charge in [-0.2, -0.15) is 0 Å². The van der Waals surface area contributed by atoms with Crippen molar-refractivity contribution in [1.29, 1.82) is 0 Å². The summed E-state index contributed by atoms with van der Waals surface area (Å²) in [4.78, 5) is 21.3. The van der Waals surface area contributed by atoms with E-state index in [-0.39, 0.29) is 0 Å². The molecular formula is C6H13N3O3. The van der Waals surface area contributed by atoms with Crippen molar-refractivity contribution in [2.45, 2.75) is 18.8 Å². The van der Waals surface area contributed by atoms with E-state index in [0.717, 1.165) is 0 Å². The zero-order valence-corrected chi connectivity index (χ0v) is 6.07. The maximum atomic E-state index is 10.8. The summed E-state index contributed by atoms with van der Waals surface area (Å²) in [5, 5.41) is 10.7. The lowest BCUT2D eigenvalue weighted by Crippen LogP contribution is -2.33. The van der Waals surface area contributed by atoms with Crippen LogP contribution in [0, 0.1) is 0 Å². The number of carboxylic acids is 1. The number of nitrogens with two attached hydrogens (primary N) is 2. The summed E-state index contributed by atoms with van der Waals surface area (Å²) in [6.07, 6.45) is -4.98. The quantitative estimate of drug-likeness (QED) is 0.413. The lowest BCUT2D eigenvalue weighted by molar-refractivity contribution is -0.138. The van der Waals surface area contributed by atoms with Gasteiger partial charge in [0, 0.05) is 10.7 Å². The number of amides is 2. The number of carbonyl (C=O) groups excluding carboxylic acids is 1. The largest absolute Gasteiger partial charge is 0.480 e. The average Bonchev–Trinajstić information content (AvgIpc) is 2.23. The van der Waals surface area contributed by atoms with Crippen molar-refractivity contribution in [2.75, 3.05) is 6.54 Å². The Kier molecular flexibility index (Phi) is 1.83. The third-order valence-electron chi connectivity index (χ3n) is 0.820. The lowest BCUT2D eigenvalue weighted by Gasteiger charge is -2.05. The standard InChI is InChI=1S/C6H13N3O3/c7-4(5(10)11)2-1-3-9-6(8)12/h4H,1-3,7H2,(H,10,11)(H3,8,9,12)/t4-/m0/s1/i1D,2D2,4D/hD2/t1?,4-. The molecular weight excluding hydrogens is 162 g/mol. The van der Waals surface area contributed by atoms with Gasteiger partial charge < -0.3 is 21.9 Å². The summed E-state index contributed by atoms with van der Waals surface area (Å²) in [6.45, 7) is -0.649. The van der Waals surface area contributed by atoms with Crippen molar-refractivity contribution < 1.29 is 23.0 Å². The predicted octanol–water partition coefficient (Wildman–Crippen LogP) is -1.15. The van der Waals surface area contributed by atoms with Crippen LogP contribution in [-0.4, -0.2) is 29.7 Å². The van der Waals surface area contributed by atoms with Crippen molar-refractivity contribution in [2.24, 2.45) is 11.5 Å². The van der Waals surface area contributed by atoms with E-state index in [1.165, 1.54) is 0 Å². The van der Waals surface area contributed by atoms with Crippen LogP contribution in [0.1, 0.15) is 18.3 Å². The molecule has 0 radical (unpaired) electrons. The second kappa shape index (κ2) is 5.36. The number of urea groups is 1. The van der Waals surface area contributed by atoms with Gasteiger partial charge in [0.1, 0.15) is 8.84 Å². The molecule has 0 saturated heterocycles. The summed E-state index contributed by atoms with van der Waals surface area (Å²) in [5.74, 6) is -2.09. The van der Waals surface area contributed by atoms with Crippen LogP contribution < -0.4 is 16.8 Å². The van der Waals surface area contributed by atoms with E-state index >= 15 is 0 Å². The molecule has 0 fully saturated rings. The van der Waals surface area contributed by atoms with Crippen molar-refractivity contribution in [3.63, 3.8) is 0 Å². The number of hydrogen-bond donors (Lipinski definition) is 4. The predicted molar refractivity (Wildman–Crippen MR) is 42.4 cm³/mol. The van der Waals surface area contributed by atoms with Gasteiger partial charge >= 0.3 is 12.0 Å². The first-order valence-corrected chi connectivity index (χ1v) is 2.94. The van der Waals surface area contributed by atoms with Gasteiger partial charge in [-0.15, -0.1) is 0 Å². The highest BCUT2D eigenvalue weighted by atomic mass is 16.4. The van der Waals surface area contributed by atoms with Gasteiger partial charge in [0.2, 0.25) is 0 Å². The Hall–Kier alpha value is -1.30. The van der Waals surface area contributed by atoms with Crippen LogP contribution in [0.4, 0.5) is 4.79 Å². The molecule has 1 unspecified atom stereocenters. The van der Waals surface area contributed by atoms with Crippen LogP contribution in [0.3, 0.4) is 0 Å². The van der Waals surface area contributed by atoms with Crippen LogP contribution in [-0.2, 0) is 4.79 Å². The highest BCUT2D eigenvalue weighted by molar-refractivity contribution is 5.73. The SMILES string of the molecule is [2H]C(CNC(N)=O)C([2H])([2H])[C@@]([2H])(C(=O)O)N([2H])[2H]. The fourth-order valence-electron chi connectivity index (χ4n) is 0.361. The van der Waals surface area contributed by atoms with Crippen LogP contribution >= 0.6 is 0 Å². The fraction of sp³-hybridized carbons (Fsp3) is 0.667. The Balaban J connectivity index is 5.18. The Morgan fingerprint density at radius 1 is 1.83 bits per heavy atom. The van der Waals surface area contributed by atoms with Crippen molar-refractivity contribution >= 4 is 12.0 Å². The van der Waals surface area contributed by atoms with Gasteiger partial charge in [0.05, 0.1) is 1.37 Å². The molecule has 70 valence electrons. The molecule has 0 spiro atoms.